The van der Waals surface area contributed by atoms with E-state index in [9.17, 15) is 0 Å². The van der Waals surface area contributed by atoms with Crippen LogP contribution in [-0.4, -0.2) is 11.7 Å². The van der Waals surface area contributed by atoms with Crippen LogP contribution in [0.1, 0.15) is 12.0 Å². The lowest BCUT2D eigenvalue weighted by Crippen LogP contribution is -1.87. The van der Waals surface area contributed by atoms with Gasteiger partial charge in [0.2, 0.25) is 0 Å². The highest BCUT2D eigenvalue weighted by molar-refractivity contribution is 9.10. The number of rotatable bonds is 3. The Kier molecular flexibility index (Phi) is 3.21. The van der Waals surface area contributed by atoms with Crippen molar-refractivity contribution in [3.63, 3.8) is 0 Å². The third-order valence-corrected chi connectivity index (χ3v) is 3.73. The van der Waals surface area contributed by atoms with Gasteiger partial charge < -0.3 is 5.11 Å². The molecule has 2 aromatic rings. The summed E-state index contributed by atoms with van der Waals surface area (Å²) >= 11 is 5.25. The quantitative estimate of drug-likeness (QED) is 0.904. The molecule has 0 aliphatic rings. The largest absolute Gasteiger partial charge is 0.396 e. The van der Waals surface area contributed by atoms with Crippen molar-refractivity contribution in [2.75, 3.05) is 6.61 Å². The fourth-order valence-electron chi connectivity index (χ4n) is 1.52. The molecule has 0 saturated heterocycles. The van der Waals surface area contributed by atoms with Crippen LogP contribution in [0, 0.1) is 0 Å². The smallest absolute Gasteiger partial charge is 0.0434 e. The van der Waals surface area contributed by atoms with E-state index in [1.807, 2.05) is 0 Å². The Hall–Kier alpha value is -0.380. The minimum atomic E-state index is 0.269. The summed E-state index contributed by atoms with van der Waals surface area (Å²) in [5.41, 5.74) is 1.35. The van der Waals surface area contributed by atoms with Crippen molar-refractivity contribution in [1.29, 1.82) is 0 Å². The van der Waals surface area contributed by atoms with Gasteiger partial charge in [-0.2, -0.15) is 0 Å². The highest BCUT2D eigenvalue weighted by Gasteiger charge is 2.03. The first-order valence-corrected chi connectivity index (χ1v) is 6.25. The lowest BCUT2D eigenvalue weighted by molar-refractivity contribution is 0.289. The molecule has 0 aliphatic heterocycles. The van der Waals surface area contributed by atoms with Crippen LogP contribution in [0.4, 0.5) is 0 Å². The molecule has 1 heterocycles. The summed E-state index contributed by atoms with van der Waals surface area (Å²) in [5.74, 6) is 0. The summed E-state index contributed by atoms with van der Waals surface area (Å²) in [6.07, 6.45) is 1.81. The Balaban J connectivity index is 2.40. The van der Waals surface area contributed by atoms with Crippen molar-refractivity contribution in [3.05, 3.63) is 33.6 Å². The van der Waals surface area contributed by atoms with E-state index in [1.165, 1.54) is 15.6 Å². The van der Waals surface area contributed by atoms with E-state index in [0.717, 1.165) is 17.3 Å². The van der Waals surface area contributed by atoms with Gasteiger partial charge in [0.15, 0.2) is 0 Å². The fraction of sp³-hybridized carbons (Fsp3) is 0.273. The van der Waals surface area contributed by atoms with Crippen LogP contribution < -0.4 is 0 Å². The lowest BCUT2D eigenvalue weighted by atomic mass is 10.1. The molecule has 0 radical (unpaired) electrons. The highest BCUT2D eigenvalue weighted by atomic mass is 79.9. The Morgan fingerprint density at radius 3 is 3.00 bits per heavy atom. The van der Waals surface area contributed by atoms with Crippen molar-refractivity contribution < 1.29 is 5.11 Å². The van der Waals surface area contributed by atoms with Crippen molar-refractivity contribution >= 4 is 37.4 Å². The van der Waals surface area contributed by atoms with Crippen molar-refractivity contribution in [2.24, 2.45) is 0 Å². The molecule has 0 amide bonds. The number of hydrogen-bond donors (Lipinski definition) is 1. The van der Waals surface area contributed by atoms with Gasteiger partial charge in [-0.15, -0.1) is 11.3 Å². The zero-order valence-corrected chi connectivity index (χ0v) is 10.1. The topological polar surface area (TPSA) is 20.2 Å². The molecule has 74 valence electrons. The van der Waals surface area contributed by atoms with E-state index in [-0.39, 0.29) is 6.61 Å². The molecular weight excluding hydrogens is 260 g/mol. The molecule has 1 aromatic carbocycles. The van der Waals surface area contributed by atoms with Gasteiger partial charge in [0, 0.05) is 15.8 Å². The maximum absolute atomic E-state index is 8.79. The number of benzene rings is 1. The molecular formula is C11H11BrOS. The Morgan fingerprint density at radius 2 is 2.21 bits per heavy atom. The van der Waals surface area contributed by atoms with Gasteiger partial charge in [-0.3, -0.25) is 0 Å². The standard InChI is InChI=1S/C11H11BrOS/c12-9-3-4-11-10(6-9)8(7-14-11)2-1-5-13/h3-4,6-7,13H,1-2,5H2. The fourth-order valence-corrected chi connectivity index (χ4v) is 2.86. The van der Waals surface area contributed by atoms with E-state index in [0.29, 0.717) is 0 Å². The molecule has 0 unspecified atom stereocenters. The number of hydrogen-bond acceptors (Lipinski definition) is 2. The summed E-state index contributed by atoms with van der Waals surface area (Å²) in [7, 11) is 0. The van der Waals surface area contributed by atoms with Gasteiger partial charge in [-0.25, -0.2) is 0 Å². The number of fused-ring (bicyclic) bond motifs is 1. The summed E-state index contributed by atoms with van der Waals surface area (Å²) in [6.45, 7) is 0.269. The van der Waals surface area contributed by atoms with Gasteiger partial charge in [0.05, 0.1) is 0 Å². The van der Waals surface area contributed by atoms with Gasteiger partial charge in [-0.05, 0) is 47.4 Å². The third kappa shape index (κ3) is 2.00. The SMILES string of the molecule is OCCCc1csc2ccc(Br)cc12. The van der Waals surface area contributed by atoms with E-state index < -0.39 is 0 Å². The Bertz CT molecular complexity index is 436. The summed E-state index contributed by atoms with van der Waals surface area (Å²) in [6, 6.07) is 6.35. The van der Waals surface area contributed by atoms with Gasteiger partial charge >= 0.3 is 0 Å². The molecule has 0 atom stereocenters. The van der Waals surface area contributed by atoms with Crippen LogP contribution in [0.3, 0.4) is 0 Å². The second kappa shape index (κ2) is 4.43. The van der Waals surface area contributed by atoms with Crippen LogP contribution in [0.15, 0.2) is 28.1 Å². The number of aliphatic hydroxyl groups is 1. The second-order valence-electron chi connectivity index (χ2n) is 3.23. The van der Waals surface area contributed by atoms with Crippen molar-refractivity contribution in [2.45, 2.75) is 12.8 Å². The maximum Gasteiger partial charge on any atom is 0.0434 e. The van der Waals surface area contributed by atoms with E-state index in [4.69, 9.17) is 5.11 Å². The van der Waals surface area contributed by atoms with Crippen LogP contribution in [-0.2, 0) is 6.42 Å². The third-order valence-electron chi connectivity index (χ3n) is 2.22. The first kappa shape index (κ1) is 10.1. The predicted molar refractivity (Wildman–Crippen MR) is 64.9 cm³/mol. The number of thiophene rings is 1. The molecule has 2 rings (SSSR count). The first-order chi connectivity index (χ1) is 6.81. The molecule has 1 aromatic heterocycles. The van der Waals surface area contributed by atoms with Crippen molar-refractivity contribution in [1.82, 2.24) is 0 Å². The minimum Gasteiger partial charge on any atom is -0.396 e. The van der Waals surface area contributed by atoms with Crippen LogP contribution in [0.25, 0.3) is 10.1 Å². The van der Waals surface area contributed by atoms with E-state index in [1.54, 1.807) is 11.3 Å². The summed E-state index contributed by atoms with van der Waals surface area (Å²) in [5, 5.41) is 12.3. The lowest BCUT2D eigenvalue weighted by Gasteiger charge is -1.97. The second-order valence-corrected chi connectivity index (χ2v) is 5.06. The van der Waals surface area contributed by atoms with Gasteiger partial charge in [-0.1, -0.05) is 15.9 Å². The minimum absolute atomic E-state index is 0.269. The van der Waals surface area contributed by atoms with Crippen molar-refractivity contribution in [3.8, 4) is 0 Å². The number of halogens is 1. The van der Waals surface area contributed by atoms with E-state index >= 15 is 0 Å². The zero-order valence-electron chi connectivity index (χ0n) is 7.66. The molecule has 0 aliphatic carbocycles. The van der Waals surface area contributed by atoms with Crippen LogP contribution >= 0.6 is 27.3 Å². The normalized spacial score (nSPS) is 11.0. The average molecular weight is 271 g/mol. The highest BCUT2D eigenvalue weighted by Crippen LogP contribution is 2.29. The van der Waals surface area contributed by atoms with Crippen LogP contribution in [0.2, 0.25) is 0 Å². The average Bonchev–Trinajstić information content (AvgIpc) is 2.57. The molecule has 0 saturated carbocycles. The zero-order chi connectivity index (χ0) is 9.97. The molecule has 1 N–H and O–H groups in total. The van der Waals surface area contributed by atoms with E-state index in [2.05, 4.69) is 39.5 Å². The van der Waals surface area contributed by atoms with Gasteiger partial charge in [0.25, 0.3) is 0 Å². The Labute approximate surface area is 95.5 Å². The predicted octanol–water partition coefficient (Wildman–Crippen LogP) is 3.59. The van der Waals surface area contributed by atoms with Crippen LogP contribution in [0.5, 0.6) is 0 Å². The summed E-state index contributed by atoms with van der Waals surface area (Å²) < 4.78 is 2.44. The number of aryl methyl sites for hydroxylation is 1. The molecule has 1 nitrogen and oxygen atoms in total. The first-order valence-electron chi connectivity index (χ1n) is 4.58. The molecule has 0 bridgehead atoms. The molecule has 14 heavy (non-hydrogen) atoms. The summed E-state index contributed by atoms with van der Waals surface area (Å²) in [4.78, 5) is 0. The maximum atomic E-state index is 8.79. The molecule has 0 fully saturated rings. The molecule has 0 spiro atoms. The Morgan fingerprint density at radius 1 is 1.36 bits per heavy atom. The molecule has 3 heteroatoms. The number of aliphatic hydroxyl groups excluding tert-OH is 1. The van der Waals surface area contributed by atoms with Gasteiger partial charge in [0.1, 0.15) is 0 Å². The monoisotopic (exact) mass is 270 g/mol.